The molecule has 30 heavy (non-hydrogen) atoms. The summed E-state index contributed by atoms with van der Waals surface area (Å²) >= 11 is 0. The molecule has 0 aromatic rings. The van der Waals surface area contributed by atoms with Gasteiger partial charge in [-0.1, -0.05) is 26.8 Å². The molecule has 2 rings (SSSR count). The third-order valence-electron chi connectivity index (χ3n) is 7.70. The molecular formula is C23H38O7. The summed E-state index contributed by atoms with van der Waals surface area (Å²) in [7, 11) is 0. The molecule has 2 aliphatic carbocycles. The summed E-state index contributed by atoms with van der Waals surface area (Å²) in [5.74, 6) is -2.04. The van der Waals surface area contributed by atoms with E-state index in [4.69, 9.17) is 9.47 Å². The van der Waals surface area contributed by atoms with Gasteiger partial charge < -0.3 is 24.8 Å². The summed E-state index contributed by atoms with van der Waals surface area (Å²) in [4.78, 5) is 25.2. The second-order valence-electron chi connectivity index (χ2n) is 10.6. The molecule has 172 valence electrons. The maximum Gasteiger partial charge on any atom is 0.303 e. The largest absolute Gasteiger partial charge is 0.457 e. The first-order valence-corrected chi connectivity index (χ1v) is 10.5. The predicted octanol–water partition coefficient (Wildman–Crippen LogP) is 2.16. The Morgan fingerprint density at radius 2 is 1.67 bits per heavy atom. The third-order valence-corrected chi connectivity index (χ3v) is 7.70. The van der Waals surface area contributed by atoms with Gasteiger partial charge in [0.05, 0.1) is 17.8 Å². The molecule has 5 unspecified atom stereocenters. The summed E-state index contributed by atoms with van der Waals surface area (Å²) in [5, 5.41) is 34.9. The van der Waals surface area contributed by atoms with E-state index < -0.39 is 63.6 Å². The number of aliphatic hydroxyl groups excluding tert-OH is 2. The van der Waals surface area contributed by atoms with E-state index in [1.807, 2.05) is 13.8 Å². The molecule has 0 heterocycles. The number of ketones is 1. The Balaban J connectivity index is 2.91. The first-order chi connectivity index (χ1) is 13.4. The number of aliphatic hydroxyl groups is 3. The molecule has 0 spiro atoms. The van der Waals surface area contributed by atoms with Crippen LogP contribution in [0.15, 0.2) is 12.7 Å². The third kappa shape index (κ3) is 3.25. The Morgan fingerprint density at radius 1 is 1.13 bits per heavy atom. The normalized spacial score (nSPS) is 43.4. The fourth-order valence-corrected chi connectivity index (χ4v) is 6.32. The Morgan fingerprint density at radius 3 is 2.10 bits per heavy atom. The van der Waals surface area contributed by atoms with E-state index in [1.54, 1.807) is 20.8 Å². The number of rotatable bonds is 5. The molecule has 0 bridgehead atoms. The summed E-state index contributed by atoms with van der Waals surface area (Å²) in [6.07, 6.45) is -1.28. The van der Waals surface area contributed by atoms with Crippen LogP contribution in [0.1, 0.15) is 68.2 Å². The van der Waals surface area contributed by atoms with Crippen LogP contribution in [0.25, 0.3) is 0 Å². The Kier molecular flexibility index (Phi) is 6.16. The number of hydrogen-bond acceptors (Lipinski definition) is 7. The fraction of sp³-hybridized carbons (Fsp3) is 0.826. The minimum atomic E-state index is -2.26. The van der Waals surface area contributed by atoms with Gasteiger partial charge in [-0.2, -0.15) is 0 Å². The van der Waals surface area contributed by atoms with Crippen molar-refractivity contribution >= 4 is 11.8 Å². The van der Waals surface area contributed by atoms with Crippen molar-refractivity contribution in [2.45, 2.75) is 103 Å². The van der Waals surface area contributed by atoms with Crippen molar-refractivity contribution in [2.75, 3.05) is 0 Å². The molecule has 0 aliphatic heterocycles. The predicted molar refractivity (Wildman–Crippen MR) is 112 cm³/mol. The molecule has 2 saturated carbocycles. The minimum Gasteiger partial charge on any atom is -0.457 e. The molecule has 0 aromatic heterocycles. The molecule has 2 aliphatic rings. The maximum absolute atomic E-state index is 13.2. The number of ether oxygens (including phenoxy) is 2. The number of fused-ring (bicyclic) bond motifs is 1. The average molecular weight is 427 g/mol. The molecular weight excluding hydrogens is 388 g/mol. The Bertz CT molecular complexity index is 729. The molecule has 7 atom stereocenters. The van der Waals surface area contributed by atoms with Crippen LogP contribution in [-0.2, 0) is 19.1 Å². The molecule has 0 saturated heterocycles. The topological polar surface area (TPSA) is 113 Å². The molecule has 0 aromatic carbocycles. The minimum absolute atomic E-state index is 0.349. The van der Waals surface area contributed by atoms with Gasteiger partial charge in [-0.3, -0.25) is 9.59 Å². The van der Waals surface area contributed by atoms with Crippen LogP contribution < -0.4 is 0 Å². The quantitative estimate of drug-likeness (QED) is 0.456. The lowest BCUT2D eigenvalue weighted by Crippen LogP contribution is -2.84. The van der Waals surface area contributed by atoms with E-state index >= 15 is 0 Å². The average Bonchev–Trinajstić information content (AvgIpc) is 2.60. The van der Waals surface area contributed by atoms with Gasteiger partial charge in [0.25, 0.3) is 0 Å². The number of carbonyl (C=O) groups is 2. The van der Waals surface area contributed by atoms with Crippen molar-refractivity contribution in [1.82, 2.24) is 0 Å². The van der Waals surface area contributed by atoms with Crippen molar-refractivity contribution in [3.05, 3.63) is 12.7 Å². The number of Topliss-reactive ketones (excluding diaryl/α,β-unsaturated/α-hetero) is 1. The Hall–Kier alpha value is -1.28. The molecule has 0 amide bonds. The van der Waals surface area contributed by atoms with Gasteiger partial charge >= 0.3 is 5.97 Å². The van der Waals surface area contributed by atoms with E-state index in [2.05, 4.69) is 6.58 Å². The first kappa shape index (κ1) is 25.0. The van der Waals surface area contributed by atoms with Gasteiger partial charge in [0, 0.05) is 18.3 Å². The zero-order valence-corrected chi connectivity index (χ0v) is 19.5. The van der Waals surface area contributed by atoms with Crippen LogP contribution in [0, 0.1) is 16.7 Å². The van der Waals surface area contributed by atoms with E-state index in [9.17, 15) is 24.9 Å². The van der Waals surface area contributed by atoms with Gasteiger partial charge in [-0.25, -0.2) is 0 Å². The lowest BCUT2D eigenvalue weighted by molar-refractivity contribution is -0.358. The van der Waals surface area contributed by atoms with Gasteiger partial charge in [-0.05, 0) is 46.0 Å². The van der Waals surface area contributed by atoms with E-state index in [1.165, 1.54) is 26.8 Å². The Labute approximate surface area is 179 Å². The number of carbonyl (C=O) groups excluding carboxylic acids is 2. The highest BCUT2D eigenvalue weighted by atomic mass is 16.6. The second kappa shape index (κ2) is 7.40. The van der Waals surface area contributed by atoms with Crippen LogP contribution in [-0.4, -0.2) is 62.2 Å². The second-order valence-corrected chi connectivity index (χ2v) is 10.6. The van der Waals surface area contributed by atoms with E-state index in [-0.39, 0.29) is 0 Å². The van der Waals surface area contributed by atoms with Gasteiger partial charge in [0.1, 0.15) is 5.60 Å². The highest BCUT2D eigenvalue weighted by Gasteiger charge is 2.79. The summed E-state index contributed by atoms with van der Waals surface area (Å²) in [6, 6.07) is 0. The van der Waals surface area contributed by atoms with Crippen molar-refractivity contribution in [1.29, 1.82) is 0 Å². The lowest BCUT2D eigenvalue weighted by Gasteiger charge is -2.69. The molecule has 2 fully saturated rings. The van der Waals surface area contributed by atoms with Crippen LogP contribution in [0.3, 0.4) is 0 Å². The summed E-state index contributed by atoms with van der Waals surface area (Å²) in [5.41, 5.74) is -7.16. The number of hydrogen-bond donors (Lipinski definition) is 3. The van der Waals surface area contributed by atoms with Gasteiger partial charge in [0.15, 0.2) is 17.5 Å². The molecule has 7 heteroatoms. The lowest BCUT2D eigenvalue weighted by atomic mass is 9.40. The van der Waals surface area contributed by atoms with Crippen molar-refractivity contribution < 1.29 is 34.4 Å². The van der Waals surface area contributed by atoms with Crippen LogP contribution in [0.5, 0.6) is 0 Å². The van der Waals surface area contributed by atoms with E-state index in [0.717, 1.165) is 0 Å². The summed E-state index contributed by atoms with van der Waals surface area (Å²) in [6.45, 7) is 16.5. The number of esters is 1. The highest BCUT2D eigenvalue weighted by Crippen LogP contribution is 2.65. The summed E-state index contributed by atoms with van der Waals surface area (Å²) < 4.78 is 11.8. The monoisotopic (exact) mass is 426 g/mol. The van der Waals surface area contributed by atoms with Crippen LogP contribution in [0.2, 0.25) is 0 Å². The van der Waals surface area contributed by atoms with Crippen LogP contribution in [0.4, 0.5) is 0 Å². The zero-order chi connectivity index (χ0) is 23.5. The first-order valence-electron chi connectivity index (χ1n) is 10.5. The smallest absolute Gasteiger partial charge is 0.303 e. The molecule has 7 nitrogen and oxygen atoms in total. The maximum atomic E-state index is 13.2. The van der Waals surface area contributed by atoms with Crippen molar-refractivity contribution in [2.24, 2.45) is 16.7 Å². The van der Waals surface area contributed by atoms with Crippen LogP contribution >= 0.6 is 0 Å². The zero-order valence-electron chi connectivity index (χ0n) is 19.5. The standard InChI is InChI=1S/C23H38O7/c1-10-20(6,7)30-22(9)18(29-14(3)25)16(27)17-19(4,5)12-11-15(26)21(17,8)23(22,28)13(2)24/h10,15-18,26-28H,1,11-12H2,2-9H3/t15-,16?,17?,18?,21?,22?,23-/m1/s1. The molecule has 3 N–H and O–H groups in total. The van der Waals surface area contributed by atoms with Gasteiger partial charge in [0.2, 0.25) is 0 Å². The van der Waals surface area contributed by atoms with Crippen molar-refractivity contribution in [3.63, 3.8) is 0 Å². The van der Waals surface area contributed by atoms with Gasteiger partial charge in [-0.15, -0.1) is 6.58 Å². The SMILES string of the molecule is C=CC(C)(C)OC1(C)C(OC(C)=O)C(O)C2C(C)(C)CC[C@@H](O)C2(C)[C@]1(O)C(C)=O. The van der Waals surface area contributed by atoms with E-state index in [0.29, 0.717) is 12.8 Å². The fourth-order valence-electron chi connectivity index (χ4n) is 6.32. The highest BCUT2D eigenvalue weighted by molar-refractivity contribution is 5.88. The van der Waals surface area contributed by atoms with Crippen molar-refractivity contribution in [3.8, 4) is 0 Å². The molecule has 0 radical (unpaired) electrons.